The van der Waals surface area contributed by atoms with Gasteiger partial charge in [-0.05, 0) is 6.42 Å². The summed E-state index contributed by atoms with van der Waals surface area (Å²) in [7, 11) is 0. The van der Waals surface area contributed by atoms with Gasteiger partial charge in [0.15, 0.2) is 12.4 Å². The third-order valence-corrected chi connectivity index (χ3v) is 4.29. The molecule has 2 heteroatoms. The van der Waals surface area contributed by atoms with Gasteiger partial charge in [0.1, 0.15) is 6.54 Å². The topological polar surface area (TPSA) is 27.7 Å². The molecule has 0 fully saturated rings. The Morgan fingerprint density at radius 2 is 1.23 bits per heavy atom. The maximum absolute atomic E-state index is 8.76. The highest BCUT2D eigenvalue weighted by Crippen LogP contribution is 2.11. The SMILES string of the molecule is CCCCCCCCCCCCCC[n+]1ccc(C#N)cc1. The largest absolute Gasteiger partial charge is 0.205 e. The monoisotopic (exact) mass is 301 g/mol. The van der Waals surface area contributed by atoms with E-state index in [4.69, 9.17) is 5.26 Å². The van der Waals surface area contributed by atoms with Gasteiger partial charge in [-0.2, -0.15) is 5.26 Å². The molecular weight excluding hydrogens is 268 g/mol. The highest BCUT2D eigenvalue weighted by Gasteiger charge is 2.00. The quantitative estimate of drug-likeness (QED) is 0.347. The lowest BCUT2D eigenvalue weighted by molar-refractivity contribution is -0.697. The van der Waals surface area contributed by atoms with Gasteiger partial charge in [0.25, 0.3) is 0 Å². The van der Waals surface area contributed by atoms with Crippen molar-refractivity contribution in [3.8, 4) is 6.07 Å². The second-order valence-corrected chi connectivity index (χ2v) is 6.33. The smallest absolute Gasteiger partial charge is 0.170 e. The van der Waals surface area contributed by atoms with Crippen LogP contribution in [0.25, 0.3) is 0 Å². The van der Waals surface area contributed by atoms with Gasteiger partial charge < -0.3 is 0 Å². The van der Waals surface area contributed by atoms with Gasteiger partial charge in [0.05, 0.1) is 11.6 Å². The van der Waals surface area contributed by atoms with Crippen molar-refractivity contribution >= 4 is 0 Å². The minimum atomic E-state index is 0.742. The Labute approximate surface area is 137 Å². The first-order valence-corrected chi connectivity index (χ1v) is 9.26. The first kappa shape index (κ1) is 18.7. The van der Waals surface area contributed by atoms with Gasteiger partial charge >= 0.3 is 0 Å². The van der Waals surface area contributed by atoms with Crippen LogP contribution in [0.4, 0.5) is 0 Å². The second-order valence-electron chi connectivity index (χ2n) is 6.33. The average Bonchev–Trinajstić information content (AvgIpc) is 2.56. The molecule has 1 heterocycles. The minimum Gasteiger partial charge on any atom is -0.205 e. The van der Waals surface area contributed by atoms with Gasteiger partial charge in [0.2, 0.25) is 0 Å². The van der Waals surface area contributed by atoms with E-state index in [-0.39, 0.29) is 0 Å². The maximum atomic E-state index is 8.76. The van der Waals surface area contributed by atoms with Crippen molar-refractivity contribution in [1.29, 1.82) is 5.26 Å². The first-order chi connectivity index (χ1) is 10.9. The Balaban J connectivity index is 1.86. The summed E-state index contributed by atoms with van der Waals surface area (Å²) < 4.78 is 2.18. The lowest BCUT2D eigenvalue weighted by Crippen LogP contribution is -2.32. The number of nitriles is 1. The molecule has 0 saturated carbocycles. The molecule has 0 aromatic carbocycles. The molecule has 0 aliphatic rings. The number of hydrogen-bond donors (Lipinski definition) is 0. The molecule has 22 heavy (non-hydrogen) atoms. The number of aromatic nitrogens is 1. The van der Waals surface area contributed by atoms with E-state index in [9.17, 15) is 0 Å². The number of pyridine rings is 1. The first-order valence-electron chi connectivity index (χ1n) is 9.26. The minimum absolute atomic E-state index is 0.742. The van der Waals surface area contributed by atoms with E-state index in [0.29, 0.717) is 0 Å². The summed E-state index contributed by atoms with van der Waals surface area (Å²) in [6.45, 7) is 3.35. The molecule has 0 saturated heterocycles. The Morgan fingerprint density at radius 3 is 1.68 bits per heavy atom. The number of rotatable bonds is 13. The van der Waals surface area contributed by atoms with Crippen LogP contribution < -0.4 is 4.57 Å². The highest BCUT2D eigenvalue weighted by atomic mass is 14.9. The lowest BCUT2D eigenvalue weighted by atomic mass is 10.1. The average molecular weight is 301 g/mol. The highest BCUT2D eigenvalue weighted by molar-refractivity contribution is 5.23. The van der Waals surface area contributed by atoms with Crippen molar-refractivity contribution in [1.82, 2.24) is 0 Å². The molecule has 1 rings (SSSR count). The number of hydrogen-bond acceptors (Lipinski definition) is 1. The standard InChI is InChI=1S/C20H33N2/c1-2-3-4-5-6-7-8-9-10-11-12-13-16-22-17-14-20(19-21)15-18-22/h14-15,17-18H,2-13,16H2,1H3/q+1. The van der Waals surface area contributed by atoms with E-state index < -0.39 is 0 Å². The van der Waals surface area contributed by atoms with E-state index in [1.54, 1.807) is 0 Å². The predicted molar refractivity (Wildman–Crippen MR) is 92.4 cm³/mol. The van der Waals surface area contributed by atoms with Gasteiger partial charge in [-0.3, -0.25) is 0 Å². The van der Waals surface area contributed by atoms with Crippen molar-refractivity contribution < 1.29 is 4.57 Å². The predicted octanol–water partition coefficient (Wildman–Crippen LogP) is 5.55. The van der Waals surface area contributed by atoms with Gasteiger partial charge in [-0.25, -0.2) is 4.57 Å². The number of unbranched alkanes of at least 4 members (excludes halogenated alkanes) is 11. The molecule has 0 unspecified atom stereocenters. The molecule has 0 aliphatic heterocycles. The summed E-state index contributed by atoms with van der Waals surface area (Å²) in [5, 5.41) is 8.76. The number of aryl methyl sites for hydroxylation is 1. The Bertz CT molecular complexity index is 403. The maximum Gasteiger partial charge on any atom is 0.170 e. The Hall–Kier alpha value is -1.36. The summed E-state index contributed by atoms with van der Waals surface area (Å²) in [5.41, 5.74) is 0.742. The van der Waals surface area contributed by atoms with Crippen molar-refractivity contribution in [2.24, 2.45) is 0 Å². The molecule has 0 atom stereocenters. The van der Waals surface area contributed by atoms with Gasteiger partial charge in [-0.1, -0.05) is 71.1 Å². The van der Waals surface area contributed by atoms with Crippen LogP contribution >= 0.6 is 0 Å². The zero-order valence-corrected chi connectivity index (χ0v) is 14.4. The van der Waals surface area contributed by atoms with Crippen LogP contribution in [0.3, 0.4) is 0 Å². The zero-order chi connectivity index (χ0) is 15.9. The van der Waals surface area contributed by atoms with E-state index in [1.165, 1.54) is 77.0 Å². The molecule has 0 aliphatic carbocycles. The van der Waals surface area contributed by atoms with Crippen LogP contribution in [0.2, 0.25) is 0 Å². The van der Waals surface area contributed by atoms with Crippen molar-refractivity contribution in [2.75, 3.05) is 0 Å². The van der Waals surface area contributed by atoms with E-state index >= 15 is 0 Å². The van der Waals surface area contributed by atoms with Gasteiger partial charge in [0, 0.05) is 18.6 Å². The summed E-state index contributed by atoms with van der Waals surface area (Å²) in [6.07, 6.45) is 20.7. The summed E-state index contributed by atoms with van der Waals surface area (Å²) in [6, 6.07) is 5.93. The molecule has 1 aromatic heterocycles. The van der Waals surface area contributed by atoms with Crippen molar-refractivity contribution in [3.63, 3.8) is 0 Å². The molecule has 122 valence electrons. The molecule has 2 nitrogen and oxygen atoms in total. The molecule has 0 amide bonds. The molecular formula is C20H33N2+. The fraction of sp³-hybridized carbons (Fsp3) is 0.700. The van der Waals surface area contributed by atoms with Crippen LogP contribution in [0, 0.1) is 11.3 Å². The fourth-order valence-corrected chi connectivity index (χ4v) is 2.82. The van der Waals surface area contributed by atoms with E-state index in [0.717, 1.165) is 12.1 Å². The van der Waals surface area contributed by atoms with Crippen molar-refractivity contribution in [2.45, 2.75) is 90.5 Å². The fourth-order valence-electron chi connectivity index (χ4n) is 2.82. The second kappa shape index (κ2) is 13.3. The van der Waals surface area contributed by atoms with Crippen LogP contribution in [-0.2, 0) is 6.54 Å². The third-order valence-electron chi connectivity index (χ3n) is 4.29. The Kier molecular flexibility index (Phi) is 11.3. The van der Waals surface area contributed by atoms with Crippen molar-refractivity contribution in [3.05, 3.63) is 30.1 Å². The third kappa shape index (κ3) is 9.55. The Morgan fingerprint density at radius 1 is 0.773 bits per heavy atom. The summed E-state index contributed by atoms with van der Waals surface area (Å²) in [4.78, 5) is 0. The molecule has 0 radical (unpaired) electrons. The lowest BCUT2D eigenvalue weighted by Gasteiger charge is -2.02. The van der Waals surface area contributed by atoms with Crippen LogP contribution in [0.1, 0.15) is 89.5 Å². The van der Waals surface area contributed by atoms with Crippen LogP contribution in [-0.4, -0.2) is 0 Å². The zero-order valence-electron chi connectivity index (χ0n) is 14.4. The normalized spacial score (nSPS) is 10.5. The van der Waals surface area contributed by atoms with E-state index in [1.807, 2.05) is 24.5 Å². The summed E-state index contributed by atoms with van der Waals surface area (Å²) in [5.74, 6) is 0. The van der Waals surface area contributed by atoms with E-state index in [2.05, 4.69) is 17.6 Å². The molecule has 0 N–H and O–H groups in total. The molecule has 0 spiro atoms. The van der Waals surface area contributed by atoms with Crippen LogP contribution in [0.15, 0.2) is 24.5 Å². The molecule has 1 aromatic rings. The van der Waals surface area contributed by atoms with Gasteiger partial charge in [-0.15, -0.1) is 0 Å². The van der Waals surface area contributed by atoms with Crippen LogP contribution in [0.5, 0.6) is 0 Å². The molecule has 0 bridgehead atoms. The number of nitrogens with zero attached hydrogens (tertiary/aromatic N) is 2. The summed E-state index contributed by atoms with van der Waals surface area (Å²) >= 11 is 0.